The third-order valence-corrected chi connectivity index (χ3v) is 4.45. The standard InChI is InChI=1S/C15H17ClIN3/c1-9(2)14-13(17)15(18-3)20-12(19-14)8-10-6-4-5-7-11(10)16/h4-7,9H,8H2,1-3H3,(H,18,19,20). The number of rotatable bonds is 4. The number of aromatic nitrogens is 2. The second kappa shape index (κ2) is 6.72. The fourth-order valence-corrected chi connectivity index (χ4v) is 3.29. The lowest BCUT2D eigenvalue weighted by atomic mass is 10.1. The van der Waals surface area contributed by atoms with Gasteiger partial charge < -0.3 is 5.32 Å². The van der Waals surface area contributed by atoms with Crippen molar-refractivity contribution in [1.82, 2.24) is 9.97 Å². The summed E-state index contributed by atoms with van der Waals surface area (Å²) in [5.41, 5.74) is 2.12. The Hall–Kier alpha value is -0.880. The normalized spacial score (nSPS) is 10.9. The van der Waals surface area contributed by atoms with E-state index in [9.17, 15) is 0 Å². The van der Waals surface area contributed by atoms with Crippen molar-refractivity contribution in [2.24, 2.45) is 0 Å². The van der Waals surface area contributed by atoms with Crippen LogP contribution in [0.2, 0.25) is 5.02 Å². The van der Waals surface area contributed by atoms with Gasteiger partial charge in [-0.25, -0.2) is 9.97 Å². The highest BCUT2D eigenvalue weighted by molar-refractivity contribution is 14.1. The molecule has 1 N–H and O–H groups in total. The molecule has 0 radical (unpaired) electrons. The number of benzene rings is 1. The van der Waals surface area contributed by atoms with Crippen LogP contribution in [0.25, 0.3) is 0 Å². The minimum absolute atomic E-state index is 0.363. The van der Waals surface area contributed by atoms with Gasteiger partial charge in [0, 0.05) is 18.5 Å². The van der Waals surface area contributed by atoms with E-state index in [0.29, 0.717) is 12.3 Å². The number of nitrogens with zero attached hydrogens (tertiary/aromatic N) is 2. The molecule has 0 saturated heterocycles. The molecule has 1 aromatic heterocycles. The monoisotopic (exact) mass is 401 g/mol. The van der Waals surface area contributed by atoms with Gasteiger partial charge in [0.05, 0.1) is 9.26 Å². The Morgan fingerprint density at radius 1 is 1.25 bits per heavy atom. The minimum atomic E-state index is 0.363. The van der Waals surface area contributed by atoms with E-state index in [-0.39, 0.29) is 0 Å². The zero-order valence-corrected chi connectivity index (χ0v) is 14.7. The van der Waals surface area contributed by atoms with Crippen molar-refractivity contribution < 1.29 is 0 Å². The summed E-state index contributed by atoms with van der Waals surface area (Å²) >= 11 is 8.51. The lowest BCUT2D eigenvalue weighted by Crippen LogP contribution is -2.09. The summed E-state index contributed by atoms with van der Waals surface area (Å²) in [5.74, 6) is 2.04. The Morgan fingerprint density at radius 2 is 1.95 bits per heavy atom. The summed E-state index contributed by atoms with van der Waals surface area (Å²) in [4.78, 5) is 9.28. The number of halogens is 2. The summed E-state index contributed by atoms with van der Waals surface area (Å²) in [7, 11) is 1.88. The predicted octanol–water partition coefficient (Wildman–Crippen LogP) is 4.49. The summed E-state index contributed by atoms with van der Waals surface area (Å²) in [6, 6.07) is 7.82. The average Bonchev–Trinajstić information content (AvgIpc) is 2.42. The van der Waals surface area contributed by atoms with Crippen LogP contribution in [0.5, 0.6) is 0 Å². The van der Waals surface area contributed by atoms with E-state index in [1.807, 2.05) is 31.3 Å². The molecule has 0 amide bonds. The van der Waals surface area contributed by atoms with Gasteiger partial charge in [-0.1, -0.05) is 43.6 Å². The molecule has 1 aromatic carbocycles. The van der Waals surface area contributed by atoms with Crippen LogP contribution < -0.4 is 5.32 Å². The largest absolute Gasteiger partial charge is 0.372 e. The SMILES string of the molecule is CNc1nc(Cc2ccccc2Cl)nc(C(C)C)c1I. The Bertz CT molecular complexity index is 614. The average molecular weight is 402 g/mol. The van der Waals surface area contributed by atoms with E-state index in [0.717, 1.165) is 31.5 Å². The first kappa shape index (κ1) is 15.5. The molecule has 20 heavy (non-hydrogen) atoms. The summed E-state index contributed by atoms with van der Waals surface area (Å²) in [5, 5.41) is 3.90. The van der Waals surface area contributed by atoms with Crippen LogP contribution >= 0.6 is 34.2 Å². The van der Waals surface area contributed by atoms with E-state index < -0.39 is 0 Å². The smallest absolute Gasteiger partial charge is 0.143 e. The van der Waals surface area contributed by atoms with Crippen LogP contribution in [0.4, 0.5) is 5.82 Å². The highest BCUT2D eigenvalue weighted by atomic mass is 127. The van der Waals surface area contributed by atoms with E-state index in [1.165, 1.54) is 0 Å². The maximum Gasteiger partial charge on any atom is 0.143 e. The summed E-state index contributed by atoms with van der Waals surface area (Å²) in [6.07, 6.45) is 0.644. The zero-order chi connectivity index (χ0) is 14.7. The number of hydrogen-bond donors (Lipinski definition) is 1. The zero-order valence-electron chi connectivity index (χ0n) is 11.7. The van der Waals surface area contributed by atoms with Gasteiger partial charge >= 0.3 is 0 Å². The van der Waals surface area contributed by atoms with Gasteiger partial charge in [0.2, 0.25) is 0 Å². The minimum Gasteiger partial charge on any atom is -0.372 e. The van der Waals surface area contributed by atoms with E-state index in [1.54, 1.807) is 0 Å². The third-order valence-electron chi connectivity index (χ3n) is 3.01. The number of anilines is 1. The van der Waals surface area contributed by atoms with Gasteiger partial charge in [-0.15, -0.1) is 0 Å². The molecule has 2 aromatic rings. The van der Waals surface area contributed by atoms with Crippen LogP contribution in [0.15, 0.2) is 24.3 Å². The summed E-state index contributed by atoms with van der Waals surface area (Å²) < 4.78 is 1.09. The van der Waals surface area contributed by atoms with Crippen molar-refractivity contribution in [1.29, 1.82) is 0 Å². The van der Waals surface area contributed by atoms with E-state index in [2.05, 4.69) is 46.7 Å². The van der Waals surface area contributed by atoms with Gasteiger partial charge in [-0.2, -0.15) is 0 Å². The molecule has 0 saturated carbocycles. The maximum atomic E-state index is 6.21. The van der Waals surface area contributed by atoms with Crippen molar-refractivity contribution >= 4 is 40.0 Å². The Balaban J connectivity index is 2.42. The lowest BCUT2D eigenvalue weighted by molar-refractivity contribution is 0.784. The van der Waals surface area contributed by atoms with Crippen LogP contribution in [0.3, 0.4) is 0 Å². The van der Waals surface area contributed by atoms with Gasteiger partial charge in [0.1, 0.15) is 11.6 Å². The fourth-order valence-electron chi connectivity index (χ4n) is 1.95. The quantitative estimate of drug-likeness (QED) is 0.767. The second-order valence-corrected chi connectivity index (χ2v) is 6.35. The molecule has 0 atom stereocenters. The Labute approximate surface area is 138 Å². The first-order chi connectivity index (χ1) is 9.52. The number of nitrogens with one attached hydrogen (secondary N) is 1. The maximum absolute atomic E-state index is 6.21. The van der Waals surface area contributed by atoms with Crippen LogP contribution in [-0.2, 0) is 6.42 Å². The first-order valence-electron chi connectivity index (χ1n) is 6.50. The molecule has 106 valence electrons. The van der Waals surface area contributed by atoms with Gasteiger partial charge in [-0.3, -0.25) is 0 Å². The molecule has 0 spiro atoms. The molecular formula is C15H17ClIN3. The van der Waals surface area contributed by atoms with Crippen molar-refractivity contribution in [3.8, 4) is 0 Å². The van der Waals surface area contributed by atoms with Crippen molar-refractivity contribution in [3.05, 3.63) is 49.9 Å². The van der Waals surface area contributed by atoms with Crippen LogP contribution in [-0.4, -0.2) is 17.0 Å². The molecule has 5 heteroatoms. The molecule has 0 aliphatic rings. The Kier molecular flexibility index (Phi) is 5.21. The second-order valence-electron chi connectivity index (χ2n) is 4.86. The fraction of sp³-hybridized carbons (Fsp3) is 0.333. The van der Waals surface area contributed by atoms with Gasteiger partial charge in [0.25, 0.3) is 0 Å². The van der Waals surface area contributed by atoms with Crippen molar-refractivity contribution in [3.63, 3.8) is 0 Å². The third kappa shape index (κ3) is 3.41. The Morgan fingerprint density at radius 3 is 2.55 bits per heavy atom. The van der Waals surface area contributed by atoms with Crippen LogP contribution in [0.1, 0.15) is 36.8 Å². The molecule has 2 rings (SSSR count). The van der Waals surface area contributed by atoms with Crippen molar-refractivity contribution in [2.75, 3.05) is 12.4 Å². The highest BCUT2D eigenvalue weighted by Crippen LogP contribution is 2.26. The molecule has 0 fully saturated rings. The lowest BCUT2D eigenvalue weighted by Gasteiger charge is -2.13. The predicted molar refractivity (Wildman–Crippen MR) is 92.6 cm³/mol. The molecule has 0 aliphatic carbocycles. The molecule has 0 bridgehead atoms. The molecular weight excluding hydrogens is 385 g/mol. The summed E-state index contributed by atoms with van der Waals surface area (Å²) in [6.45, 7) is 4.28. The van der Waals surface area contributed by atoms with E-state index in [4.69, 9.17) is 16.6 Å². The number of hydrogen-bond acceptors (Lipinski definition) is 3. The van der Waals surface area contributed by atoms with E-state index >= 15 is 0 Å². The first-order valence-corrected chi connectivity index (χ1v) is 7.96. The van der Waals surface area contributed by atoms with Gasteiger partial charge in [-0.05, 0) is 40.1 Å². The van der Waals surface area contributed by atoms with Gasteiger partial charge in [0.15, 0.2) is 0 Å². The highest BCUT2D eigenvalue weighted by Gasteiger charge is 2.14. The van der Waals surface area contributed by atoms with Crippen molar-refractivity contribution in [2.45, 2.75) is 26.2 Å². The molecule has 0 aliphatic heterocycles. The van der Waals surface area contributed by atoms with Crippen LogP contribution in [0, 0.1) is 3.57 Å². The topological polar surface area (TPSA) is 37.8 Å². The molecule has 1 heterocycles. The molecule has 0 unspecified atom stereocenters. The molecule has 3 nitrogen and oxygen atoms in total.